The molecule has 0 atom stereocenters. The molecule has 0 spiro atoms. The summed E-state index contributed by atoms with van der Waals surface area (Å²) in [6, 6.07) is 8.45. The van der Waals surface area contributed by atoms with Crippen molar-refractivity contribution in [2.24, 2.45) is 0 Å². The van der Waals surface area contributed by atoms with Gasteiger partial charge in [0.1, 0.15) is 0 Å². The van der Waals surface area contributed by atoms with Gasteiger partial charge in [-0.2, -0.15) is 13.2 Å². The predicted molar refractivity (Wildman–Crippen MR) is 104 cm³/mol. The molecule has 0 saturated carbocycles. The van der Waals surface area contributed by atoms with E-state index in [0.717, 1.165) is 17.7 Å². The number of nitrogens with one attached hydrogen (secondary N) is 1. The molecule has 2 aromatic rings. The van der Waals surface area contributed by atoms with Crippen LogP contribution in [0.3, 0.4) is 0 Å². The maximum atomic E-state index is 12.9. The third kappa shape index (κ3) is 5.35. The number of amides is 2. The molecule has 1 aliphatic heterocycles. The van der Waals surface area contributed by atoms with Gasteiger partial charge in [-0.25, -0.2) is 0 Å². The van der Waals surface area contributed by atoms with E-state index in [1.807, 2.05) is 6.07 Å². The summed E-state index contributed by atoms with van der Waals surface area (Å²) in [5, 5.41) is 1.89. The van der Waals surface area contributed by atoms with Gasteiger partial charge < -0.3 is 19.7 Å². The Labute approximate surface area is 175 Å². The Morgan fingerprint density at radius 2 is 1.87 bits per heavy atom. The summed E-state index contributed by atoms with van der Waals surface area (Å²) in [7, 11) is 1.45. The third-order valence-electron chi connectivity index (χ3n) is 4.43. The SMILES string of the molecule is CN(CC(=O)Nc1ccc(Cl)c(C(F)(F)F)c1)C(=O)CCc1ccc2c(c1)OCO2. The van der Waals surface area contributed by atoms with Crippen molar-refractivity contribution in [1.82, 2.24) is 4.90 Å². The molecule has 0 radical (unpaired) electrons. The summed E-state index contributed by atoms with van der Waals surface area (Å²) in [4.78, 5) is 25.6. The van der Waals surface area contributed by atoms with Crippen molar-refractivity contribution in [2.45, 2.75) is 19.0 Å². The predicted octanol–water partition coefficient (Wildman–Crippen LogP) is 4.12. The summed E-state index contributed by atoms with van der Waals surface area (Å²) >= 11 is 5.56. The van der Waals surface area contributed by atoms with Crippen LogP contribution < -0.4 is 14.8 Å². The Bertz CT molecular complexity index is 966. The van der Waals surface area contributed by atoms with Crippen molar-refractivity contribution in [3.05, 3.63) is 52.5 Å². The van der Waals surface area contributed by atoms with Crippen LogP contribution in [-0.4, -0.2) is 37.1 Å². The first kappa shape index (κ1) is 21.8. The zero-order valence-electron chi connectivity index (χ0n) is 15.9. The van der Waals surface area contributed by atoms with E-state index in [1.165, 1.54) is 18.0 Å². The van der Waals surface area contributed by atoms with Crippen LogP contribution in [0.4, 0.5) is 18.9 Å². The maximum absolute atomic E-state index is 12.9. The molecule has 1 heterocycles. The zero-order chi connectivity index (χ0) is 21.9. The highest BCUT2D eigenvalue weighted by atomic mass is 35.5. The van der Waals surface area contributed by atoms with E-state index in [4.69, 9.17) is 21.1 Å². The molecule has 6 nitrogen and oxygen atoms in total. The Morgan fingerprint density at radius 1 is 1.13 bits per heavy atom. The number of carbonyl (C=O) groups is 2. The van der Waals surface area contributed by atoms with E-state index in [9.17, 15) is 22.8 Å². The first-order valence-corrected chi connectivity index (χ1v) is 9.30. The number of benzene rings is 2. The second kappa shape index (κ2) is 8.83. The van der Waals surface area contributed by atoms with Crippen LogP contribution in [0.1, 0.15) is 17.5 Å². The van der Waals surface area contributed by atoms with Gasteiger partial charge in [-0.15, -0.1) is 0 Å². The molecular formula is C20H18ClF3N2O4. The summed E-state index contributed by atoms with van der Waals surface area (Å²) in [5.74, 6) is 0.364. The second-order valence-electron chi connectivity index (χ2n) is 6.68. The fraction of sp³-hybridized carbons (Fsp3) is 0.300. The monoisotopic (exact) mass is 442 g/mol. The lowest BCUT2D eigenvalue weighted by atomic mass is 10.1. The molecule has 0 aromatic heterocycles. The summed E-state index contributed by atoms with van der Waals surface area (Å²) in [6.07, 6.45) is -4.05. The Kier molecular flexibility index (Phi) is 6.40. The lowest BCUT2D eigenvalue weighted by molar-refractivity contribution is -0.137. The van der Waals surface area contributed by atoms with Crippen LogP contribution >= 0.6 is 11.6 Å². The second-order valence-corrected chi connectivity index (χ2v) is 7.09. The number of likely N-dealkylation sites (N-methyl/N-ethyl adjacent to an activating group) is 1. The molecule has 0 bridgehead atoms. The van der Waals surface area contributed by atoms with Crippen LogP contribution in [0.15, 0.2) is 36.4 Å². The molecule has 0 aliphatic carbocycles. The number of hydrogen-bond donors (Lipinski definition) is 1. The van der Waals surface area contributed by atoms with Gasteiger partial charge in [-0.1, -0.05) is 17.7 Å². The number of fused-ring (bicyclic) bond motifs is 1. The molecular weight excluding hydrogens is 425 g/mol. The van der Waals surface area contributed by atoms with E-state index in [2.05, 4.69) is 5.32 Å². The number of rotatable bonds is 6. The highest BCUT2D eigenvalue weighted by molar-refractivity contribution is 6.31. The lowest BCUT2D eigenvalue weighted by Crippen LogP contribution is -2.35. The number of ether oxygens (including phenoxy) is 2. The van der Waals surface area contributed by atoms with Crippen molar-refractivity contribution in [2.75, 3.05) is 25.7 Å². The molecule has 10 heteroatoms. The van der Waals surface area contributed by atoms with Gasteiger partial charge in [0.25, 0.3) is 0 Å². The van der Waals surface area contributed by atoms with Crippen LogP contribution in [0.5, 0.6) is 11.5 Å². The highest BCUT2D eigenvalue weighted by Gasteiger charge is 2.33. The molecule has 1 aliphatic rings. The number of halogens is 4. The average molecular weight is 443 g/mol. The Morgan fingerprint density at radius 3 is 2.60 bits per heavy atom. The summed E-state index contributed by atoms with van der Waals surface area (Å²) in [6.45, 7) is -0.141. The van der Waals surface area contributed by atoms with E-state index >= 15 is 0 Å². The van der Waals surface area contributed by atoms with Crippen LogP contribution in [0.25, 0.3) is 0 Å². The fourth-order valence-electron chi connectivity index (χ4n) is 2.86. The standard InChI is InChI=1S/C20H18ClF3N2O4/c1-26(19(28)7-3-12-2-6-16-17(8-12)30-11-29-16)10-18(27)25-13-4-5-15(21)14(9-13)20(22,23)24/h2,4-6,8-9H,3,7,10-11H2,1H3,(H,25,27). The van der Waals surface area contributed by atoms with Crippen molar-refractivity contribution in [3.8, 4) is 11.5 Å². The van der Waals surface area contributed by atoms with Gasteiger partial charge >= 0.3 is 6.18 Å². The molecule has 0 fully saturated rings. The summed E-state index contributed by atoms with van der Waals surface area (Å²) < 4.78 is 49.3. The van der Waals surface area contributed by atoms with E-state index < -0.39 is 22.7 Å². The number of nitrogens with zero attached hydrogens (tertiary/aromatic N) is 1. The number of aryl methyl sites for hydroxylation is 1. The van der Waals surface area contributed by atoms with Gasteiger partial charge in [-0.3, -0.25) is 9.59 Å². The molecule has 160 valence electrons. The van der Waals surface area contributed by atoms with Crippen molar-refractivity contribution in [1.29, 1.82) is 0 Å². The molecule has 30 heavy (non-hydrogen) atoms. The number of carbonyl (C=O) groups excluding carboxylic acids is 2. The van der Waals surface area contributed by atoms with Gasteiger partial charge in [0, 0.05) is 19.2 Å². The zero-order valence-corrected chi connectivity index (χ0v) is 16.6. The fourth-order valence-corrected chi connectivity index (χ4v) is 3.09. The minimum Gasteiger partial charge on any atom is -0.454 e. The van der Waals surface area contributed by atoms with Crippen LogP contribution in [0.2, 0.25) is 5.02 Å². The van der Waals surface area contributed by atoms with Gasteiger partial charge in [0.15, 0.2) is 11.5 Å². The molecule has 0 unspecified atom stereocenters. The van der Waals surface area contributed by atoms with Crippen molar-refractivity contribution < 1.29 is 32.2 Å². The first-order valence-electron chi connectivity index (χ1n) is 8.92. The number of anilines is 1. The van der Waals surface area contributed by atoms with Crippen LogP contribution in [0, 0.1) is 0 Å². The molecule has 3 rings (SSSR count). The third-order valence-corrected chi connectivity index (χ3v) is 4.76. The highest BCUT2D eigenvalue weighted by Crippen LogP contribution is 2.36. The topological polar surface area (TPSA) is 67.9 Å². The lowest BCUT2D eigenvalue weighted by Gasteiger charge is -2.17. The Hall–Kier alpha value is -2.94. The van der Waals surface area contributed by atoms with Gasteiger partial charge in [0.05, 0.1) is 17.1 Å². The molecule has 2 aromatic carbocycles. The molecule has 2 amide bonds. The van der Waals surface area contributed by atoms with Crippen LogP contribution in [-0.2, 0) is 22.2 Å². The summed E-state index contributed by atoms with van der Waals surface area (Å²) in [5.41, 5.74) is -0.223. The first-order chi connectivity index (χ1) is 14.1. The van der Waals surface area contributed by atoms with E-state index in [1.54, 1.807) is 12.1 Å². The average Bonchev–Trinajstić information content (AvgIpc) is 3.14. The maximum Gasteiger partial charge on any atom is 0.417 e. The molecule has 1 N–H and O–H groups in total. The van der Waals surface area contributed by atoms with Gasteiger partial charge in [0.2, 0.25) is 18.6 Å². The van der Waals surface area contributed by atoms with Gasteiger partial charge in [-0.05, 0) is 42.3 Å². The van der Waals surface area contributed by atoms with Crippen molar-refractivity contribution >= 4 is 29.1 Å². The number of hydrogen-bond acceptors (Lipinski definition) is 4. The van der Waals surface area contributed by atoms with E-state index in [0.29, 0.717) is 17.9 Å². The smallest absolute Gasteiger partial charge is 0.417 e. The normalized spacial score (nSPS) is 12.6. The minimum absolute atomic E-state index is 0.0575. The van der Waals surface area contributed by atoms with E-state index in [-0.39, 0.29) is 31.4 Å². The van der Waals surface area contributed by atoms with Crippen molar-refractivity contribution in [3.63, 3.8) is 0 Å². The Balaban J connectivity index is 1.52. The number of alkyl halides is 3. The quantitative estimate of drug-likeness (QED) is 0.731. The molecule has 0 saturated heterocycles. The minimum atomic E-state index is -4.64. The largest absolute Gasteiger partial charge is 0.454 e.